The summed E-state index contributed by atoms with van der Waals surface area (Å²) in [5.74, 6) is -1.57. The third-order valence-electron chi connectivity index (χ3n) is 4.52. The average molecular weight is 445 g/mol. The van der Waals surface area contributed by atoms with Crippen molar-refractivity contribution >= 4 is 39.4 Å². The number of aryl methyl sites for hydroxylation is 1. The van der Waals surface area contributed by atoms with E-state index in [1.807, 2.05) is 31.2 Å². The Morgan fingerprint density at radius 3 is 2.50 bits per heavy atom. The van der Waals surface area contributed by atoms with E-state index in [0.29, 0.717) is 18.8 Å². The number of likely N-dealkylation sites (tertiary alicyclic amines) is 1. The summed E-state index contributed by atoms with van der Waals surface area (Å²) in [6, 6.07) is 15.0. The Hall–Kier alpha value is -2.67. The molecule has 1 heterocycles. The Bertz CT molecular complexity index is 865. The van der Waals surface area contributed by atoms with Crippen LogP contribution in [0.1, 0.15) is 17.5 Å². The van der Waals surface area contributed by atoms with Gasteiger partial charge in [-0.2, -0.15) is 0 Å². The quantitative estimate of drug-likeness (QED) is 0.693. The van der Waals surface area contributed by atoms with Crippen molar-refractivity contribution in [2.24, 2.45) is 5.92 Å². The minimum absolute atomic E-state index is 0.0816. The number of anilines is 1. The normalized spacial score (nSPS) is 16.1. The van der Waals surface area contributed by atoms with Crippen molar-refractivity contribution in [3.8, 4) is 0 Å². The van der Waals surface area contributed by atoms with Gasteiger partial charge in [0.15, 0.2) is 6.61 Å². The smallest absolute Gasteiger partial charge is 0.311 e. The minimum Gasteiger partial charge on any atom is -0.455 e. The van der Waals surface area contributed by atoms with E-state index in [4.69, 9.17) is 4.74 Å². The molecular formula is C21H21BrN2O4. The lowest BCUT2D eigenvalue weighted by Gasteiger charge is -2.16. The van der Waals surface area contributed by atoms with E-state index in [1.165, 1.54) is 0 Å². The van der Waals surface area contributed by atoms with Crippen LogP contribution in [0.5, 0.6) is 0 Å². The zero-order chi connectivity index (χ0) is 20.1. The van der Waals surface area contributed by atoms with Crippen LogP contribution >= 0.6 is 15.9 Å². The van der Waals surface area contributed by atoms with Crippen molar-refractivity contribution in [2.75, 3.05) is 18.5 Å². The third-order valence-corrected chi connectivity index (χ3v) is 5.04. The summed E-state index contributed by atoms with van der Waals surface area (Å²) in [5.41, 5.74) is 2.78. The van der Waals surface area contributed by atoms with Crippen molar-refractivity contribution in [1.82, 2.24) is 4.90 Å². The molecule has 2 aromatic carbocycles. The highest BCUT2D eigenvalue weighted by molar-refractivity contribution is 9.10. The number of esters is 1. The molecule has 1 N–H and O–H groups in total. The Balaban J connectivity index is 1.46. The molecule has 0 aliphatic carbocycles. The van der Waals surface area contributed by atoms with Crippen LogP contribution in [0.3, 0.4) is 0 Å². The van der Waals surface area contributed by atoms with Gasteiger partial charge in [0.25, 0.3) is 5.91 Å². The van der Waals surface area contributed by atoms with Crippen molar-refractivity contribution < 1.29 is 19.1 Å². The van der Waals surface area contributed by atoms with Crippen LogP contribution in [0.25, 0.3) is 0 Å². The maximum atomic E-state index is 12.2. The Kier molecular flexibility index (Phi) is 6.46. The second kappa shape index (κ2) is 9.01. The first kappa shape index (κ1) is 20.1. The largest absolute Gasteiger partial charge is 0.455 e. The molecule has 3 rings (SSSR count). The number of amides is 2. The van der Waals surface area contributed by atoms with Gasteiger partial charge in [0.1, 0.15) is 0 Å². The van der Waals surface area contributed by atoms with Crippen LogP contribution in [0.2, 0.25) is 0 Å². The molecule has 28 heavy (non-hydrogen) atoms. The lowest BCUT2D eigenvalue weighted by atomic mass is 10.1. The highest BCUT2D eigenvalue weighted by Crippen LogP contribution is 2.21. The first-order chi connectivity index (χ1) is 13.4. The Morgan fingerprint density at radius 2 is 1.82 bits per heavy atom. The molecule has 0 aromatic heterocycles. The maximum Gasteiger partial charge on any atom is 0.311 e. The summed E-state index contributed by atoms with van der Waals surface area (Å²) >= 11 is 3.32. The predicted molar refractivity (Wildman–Crippen MR) is 108 cm³/mol. The number of hydrogen-bond donors (Lipinski definition) is 1. The van der Waals surface area contributed by atoms with Crippen LogP contribution in [0.4, 0.5) is 5.69 Å². The average Bonchev–Trinajstić information content (AvgIpc) is 3.04. The van der Waals surface area contributed by atoms with Crippen LogP contribution < -0.4 is 5.32 Å². The van der Waals surface area contributed by atoms with Crippen LogP contribution in [0, 0.1) is 12.8 Å². The van der Waals surface area contributed by atoms with Crippen LogP contribution in [0.15, 0.2) is 53.0 Å². The van der Waals surface area contributed by atoms with E-state index in [1.54, 1.807) is 29.2 Å². The van der Waals surface area contributed by atoms with E-state index >= 15 is 0 Å². The first-order valence-corrected chi connectivity index (χ1v) is 9.75. The number of nitrogens with zero attached hydrogens (tertiary/aromatic N) is 1. The van der Waals surface area contributed by atoms with Gasteiger partial charge in [-0.15, -0.1) is 0 Å². The fourth-order valence-corrected chi connectivity index (χ4v) is 3.25. The van der Waals surface area contributed by atoms with Gasteiger partial charge in [-0.25, -0.2) is 0 Å². The van der Waals surface area contributed by atoms with Gasteiger partial charge >= 0.3 is 5.97 Å². The van der Waals surface area contributed by atoms with E-state index in [0.717, 1.165) is 15.6 Å². The van der Waals surface area contributed by atoms with Crippen molar-refractivity contribution in [3.05, 3.63) is 64.1 Å². The van der Waals surface area contributed by atoms with Crippen molar-refractivity contribution in [3.63, 3.8) is 0 Å². The molecule has 1 fully saturated rings. The molecule has 2 amide bonds. The number of rotatable bonds is 6. The van der Waals surface area contributed by atoms with Crippen molar-refractivity contribution in [2.45, 2.75) is 19.9 Å². The fraction of sp³-hybridized carbons (Fsp3) is 0.286. The number of nitrogens with one attached hydrogen (secondary N) is 1. The van der Waals surface area contributed by atoms with Crippen LogP contribution in [-0.2, 0) is 25.7 Å². The van der Waals surface area contributed by atoms with Gasteiger partial charge in [-0.3, -0.25) is 14.4 Å². The second-order valence-electron chi connectivity index (χ2n) is 6.82. The zero-order valence-electron chi connectivity index (χ0n) is 15.5. The number of carbonyl (C=O) groups excluding carboxylic acids is 3. The Morgan fingerprint density at radius 1 is 1.14 bits per heavy atom. The zero-order valence-corrected chi connectivity index (χ0v) is 17.1. The van der Waals surface area contributed by atoms with Gasteiger partial charge < -0.3 is 15.0 Å². The SMILES string of the molecule is Cc1ccc(CN2C[C@@H](C(=O)OCC(=O)Nc3ccc(Br)cc3)CC2=O)cc1. The van der Waals surface area contributed by atoms with E-state index in [9.17, 15) is 14.4 Å². The molecule has 1 atom stereocenters. The minimum atomic E-state index is -0.543. The van der Waals surface area contributed by atoms with Gasteiger partial charge in [0.2, 0.25) is 5.91 Å². The predicted octanol–water partition coefficient (Wildman–Crippen LogP) is 3.29. The fourth-order valence-electron chi connectivity index (χ4n) is 2.98. The second-order valence-corrected chi connectivity index (χ2v) is 7.74. The number of ether oxygens (including phenoxy) is 1. The molecule has 2 aromatic rings. The summed E-state index contributed by atoms with van der Waals surface area (Å²) in [4.78, 5) is 38.0. The molecule has 1 aliphatic heterocycles. The van der Waals surface area contributed by atoms with Gasteiger partial charge in [-0.1, -0.05) is 45.8 Å². The monoisotopic (exact) mass is 444 g/mol. The number of benzene rings is 2. The number of carbonyl (C=O) groups is 3. The third kappa shape index (κ3) is 5.42. The molecular weight excluding hydrogens is 424 g/mol. The number of halogens is 1. The lowest BCUT2D eigenvalue weighted by Crippen LogP contribution is -2.28. The Labute approximate surface area is 172 Å². The molecule has 0 radical (unpaired) electrons. The molecule has 6 nitrogen and oxygen atoms in total. The van der Waals surface area contributed by atoms with E-state index in [2.05, 4.69) is 21.2 Å². The number of hydrogen-bond acceptors (Lipinski definition) is 4. The standard InChI is InChI=1S/C21H21BrN2O4/c1-14-2-4-15(5-3-14)11-24-12-16(10-20(24)26)21(27)28-13-19(25)23-18-8-6-17(22)7-9-18/h2-9,16H,10-13H2,1H3,(H,23,25)/t16-/m0/s1. The summed E-state index contributed by atoms with van der Waals surface area (Å²) in [7, 11) is 0. The molecule has 1 aliphatic rings. The topological polar surface area (TPSA) is 75.7 Å². The lowest BCUT2D eigenvalue weighted by molar-refractivity contribution is -0.151. The summed E-state index contributed by atoms with van der Waals surface area (Å²) in [6.07, 6.45) is 0.110. The van der Waals surface area contributed by atoms with Gasteiger partial charge in [0.05, 0.1) is 5.92 Å². The van der Waals surface area contributed by atoms with Gasteiger partial charge in [0, 0.05) is 29.7 Å². The first-order valence-electron chi connectivity index (χ1n) is 8.96. The van der Waals surface area contributed by atoms with Crippen LogP contribution in [-0.4, -0.2) is 35.8 Å². The molecule has 7 heteroatoms. The summed E-state index contributed by atoms with van der Waals surface area (Å²) < 4.78 is 6.01. The molecule has 0 spiro atoms. The van der Waals surface area contributed by atoms with E-state index in [-0.39, 0.29) is 18.9 Å². The molecule has 0 bridgehead atoms. The van der Waals surface area contributed by atoms with E-state index < -0.39 is 17.8 Å². The van der Waals surface area contributed by atoms with Gasteiger partial charge in [-0.05, 0) is 36.8 Å². The molecule has 0 unspecified atom stereocenters. The summed E-state index contributed by atoms with van der Waals surface area (Å²) in [6.45, 7) is 2.40. The molecule has 146 valence electrons. The molecule has 1 saturated heterocycles. The van der Waals surface area contributed by atoms with Crippen molar-refractivity contribution in [1.29, 1.82) is 0 Å². The molecule has 0 saturated carbocycles. The highest BCUT2D eigenvalue weighted by atomic mass is 79.9. The highest BCUT2D eigenvalue weighted by Gasteiger charge is 2.35. The summed E-state index contributed by atoms with van der Waals surface area (Å²) in [5, 5.41) is 2.66. The maximum absolute atomic E-state index is 12.2.